The summed E-state index contributed by atoms with van der Waals surface area (Å²) >= 11 is 5.94. The molecule has 2 N–H and O–H groups in total. The fourth-order valence-corrected chi connectivity index (χ4v) is 5.26. The second-order valence-electron chi connectivity index (χ2n) is 5.56. The van der Waals surface area contributed by atoms with Crippen molar-refractivity contribution in [2.24, 2.45) is 0 Å². The molecule has 7 heteroatoms. The third-order valence-corrected chi connectivity index (χ3v) is 6.46. The number of ether oxygens (including phenoxy) is 1. The Morgan fingerprint density at radius 3 is 2.86 bits per heavy atom. The SMILES string of the molecule is Nc1ccc(Cl)cc1S(=O)(=O)N1CCOC2CCCCC21. The summed E-state index contributed by atoms with van der Waals surface area (Å²) in [5.41, 5.74) is 6.09. The molecule has 1 aromatic carbocycles. The number of nitrogen functional groups attached to an aromatic ring is 1. The van der Waals surface area contributed by atoms with Gasteiger partial charge in [0.2, 0.25) is 10.0 Å². The number of morpholine rings is 1. The molecule has 2 fully saturated rings. The van der Waals surface area contributed by atoms with E-state index in [1.807, 2.05) is 0 Å². The van der Waals surface area contributed by atoms with Crippen molar-refractivity contribution in [1.82, 2.24) is 4.31 Å². The minimum atomic E-state index is -3.64. The van der Waals surface area contributed by atoms with Crippen LogP contribution in [0.15, 0.2) is 23.1 Å². The molecule has 1 aliphatic carbocycles. The number of nitrogens with two attached hydrogens (primary N) is 1. The molecule has 116 valence electrons. The van der Waals surface area contributed by atoms with E-state index in [1.165, 1.54) is 12.1 Å². The van der Waals surface area contributed by atoms with Crippen LogP contribution in [0.4, 0.5) is 5.69 Å². The third-order valence-electron chi connectivity index (χ3n) is 4.24. The predicted molar refractivity (Wildman–Crippen MR) is 81.8 cm³/mol. The average molecular weight is 331 g/mol. The van der Waals surface area contributed by atoms with Crippen LogP contribution < -0.4 is 5.73 Å². The quantitative estimate of drug-likeness (QED) is 0.844. The molecular formula is C14H19ClN2O3S. The summed E-state index contributed by atoms with van der Waals surface area (Å²) in [6.07, 6.45) is 3.88. The van der Waals surface area contributed by atoms with Gasteiger partial charge in [-0.1, -0.05) is 24.4 Å². The van der Waals surface area contributed by atoms with Crippen LogP contribution in [-0.2, 0) is 14.8 Å². The standard InChI is InChI=1S/C14H19ClN2O3S/c15-10-5-6-11(16)14(9-10)21(18,19)17-7-8-20-13-4-2-1-3-12(13)17/h5-6,9,12-13H,1-4,7-8,16H2. The van der Waals surface area contributed by atoms with Crippen molar-refractivity contribution in [3.05, 3.63) is 23.2 Å². The maximum absolute atomic E-state index is 12.9. The van der Waals surface area contributed by atoms with Gasteiger partial charge in [-0.05, 0) is 31.0 Å². The molecule has 21 heavy (non-hydrogen) atoms. The maximum atomic E-state index is 12.9. The molecule has 1 aliphatic heterocycles. The van der Waals surface area contributed by atoms with E-state index >= 15 is 0 Å². The van der Waals surface area contributed by atoms with E-state index in [-0.39, 0.29) is 22.7 Å². The fraction of sp³-hybridized carbons (Fsp3) is 0.571. The van der Waals surface area contributed by atoms with Crippen LogP contribution >= 0.6 is 11.6 Å². The lowest BCUT2D eigenvalue weighted by molar-refractivity contribution is -0.0586. The number of hydrogen-bond donors (Lipinski definition) is 1. The molecule has 2 atom stereocenters. The first kappa shape index (κ1) is 15.1. The van der Waals surface area contributed by atoms with Gasteiger partial charge in [-0.3, -0.25) is 0 Å². The Hall–Kier alpha value is -0.820. The number of fused-ring (bicyclic) bond motifs is 1. The summed E-state index contributed by atoms with van der Waals surface area (Å²) in [6, 6.07) is 4.47. The highest BCUT2D eigenvalue weighted by atomic mass is 35.5. The molecule has 0 spiro atoms. The molecule has 0 bridgehead atoms. The van der Waals surface area contributed by atoms with Crippen LogP contribution in [0.5, 0.6) is 0 Å². The van der Waals surface area contributed by atoms with E-state index in [1.54, 1.807) is 10.4 Å². The Morgan fingerprint density at radius 2 is 2.05 bits per heavy atom. The van der Waals surface area contributed by atoms with Gasteiger partial charge < -0.3 is 10.5 Å². The Bertz CT molecular complexity index is 633. The maximum Gasteiger partial charge on any atom is 0.245 e. The van der Waals surface area contributed by atoms with Crippen LogP contribution in [-0.4, -0.2) is 38.0 Å². The lowest BCUT2D eigenvalue weighted by atomic mass is 9.91. The van der Waals surface area contributed by atoms with Gasteiger partial charge in [-0.25, -0.2) is 8.42 Å². The van der Waals surface area contributed by atoms with E-state index < -0.39 is 10.0 Å². The Morgan fingerprint density at radius 1 is 1.29 bits per heavy atom. The average Bonchev–Trinajstić information content (AvgIpc) is 2.49. The zero-order valence-electron chi connectivity index (χ0n) is 11.7. The molecule has 1 aromatic rings. The van der Waals surface area contributed by atoms with Crippen molar-refractivity contribution in [3.8, 4) is 0 Å². The molecule has 2 unspecified atom stereocenters. The summed E-state index contributed by atoms with van der Waals surface area (Å²) in [5, 5.41) is 0.372. The Kier molecular flexibility index (Phi) is 4.14. The van der Waals surface area contributed by atoms with E-state index in [9.17, 15) is 8.42 Å². The number of anilines is 1. The molecule has 1 saturated carbocycles. The van der Waals surface area contributed by atoms with Crippen LogP contribution in [0, 0.1) is 0 Å². The molecule has 1 heterocycles. The molecule has 1 saturated heterocycles. The summed E-state index contributed by atoms with van der Waals surface area (Å²) in [7, 11) is -3.64. The summed E-state index contributed by atoms with van der Waals surface area (Å²) in [4.78, 5) is 0.0984. The van der Waals surface area contributed by atoms with Gasteiger partial charge in [-0.15, -0.1) is 0 Å². The van der Waals surface area contributed by atoms with Crippen molar-refractivity contribution in [1.29, 1.82) is 0 Å². The fourth-order valence-electron chi connectivity index (χ4n) is 3.22. The first-order chi connectivity index (χ1) is 10.00. The topological polar surface area (TPSA) is 72.6 Å². The van der Waals surface area contributed by atoms with E-state index in [4.69, 9.17) is 22.1 Å². The van der Waals surface area contributed by atoms with Gasteiger partial charge >= 0.3 is 0 Å². The molecule has 2 aliphatic rings. The van der Waals surface area contributed by atoms with Crippen molar-refractivity contribution in [3.63, 3.8) is 0 Å². The van der Waals surface area contributed by atoms with Gasteiger partial charge in [0.25, 0.3) is 0 Å². The highest BCUT2D eigenvalue weighted by molar-refractivity contribution is 7.89. The van der Waals surface area contributed by atoms with Gasteiger partial charge in [0, 0.05) is 11.6 Å². The Labute approximate surface area is 130 Å². The number of benzene rings is 1. The summed E-state index contributed by atoms with van der Waals surface area (Å²) in [5.74, 6) is 0. The molecular weight excluding hydrogens is 312 g/mol. The lowest BCUT2D eigenvalue weighted by Gasteiger charge is -2.42. The van der Waals surface area contributed by atoms with Crippen molar-refractivity contribution in [2.75, 3.05) is 18.9 Å². The molecule has 0 aromatic heterocycles. The van der Waals surface area contributed by atoms with Gasteiger partial charge in [0.15, 0.2) is 0 Å². The van der Waals surface area contributed by atoms with Crippen molar-refractivity contribution in [2.45, 2.75) is 42.7 Å². The highest BCUT2D eigenvalue weighted by Gasteiger charge is 2.41. The van der Waals surface area contributed by atoms with Crippen LogP contribution in [0.1, 0.15) is 25.7 Å². The first-order valence-electron chi connectivity index (χ1n) is 7.18. The molecule has 5 nitrogen and oxygen atoms in total. The number of halogens is 1. The lowest BCUT2D eigenvalue weighted by Crippen LogP contribution is -2.54. The van der Waals surface area contributed by atoms with Crippen molar-refractivity contribution >= 4 is 27.3 Å². The molecule has 0 radical (unpaired) electrons. The number of hydrogen-bond acceptors (Lipinski definition) is 4. The van der Waals surface area contributed by atoms with E-state index in [0.29, 0.717) is 18.2 Å². The zero-order chi connectivity index (χ0) is 15.0. The molecule has 3 rings (SSSR count). The van der Waals surface area contributed by atoms with Gasteiger partial charge in [0.05, 0.1) is 24.4 Å². The second-order valence-corrected chi connectivity index (χ2v) is 7.85. The summed E-state index contributed by atoms with van der Waals surface area (Å²) in [6.45, 7) is 0.802. The van der Waals surface area contributed by atoms with E-state index in [0.717, 1.165) is 25.7 Å². The monoisotopic (exact) mass is 330 g/mol. The second kappa shape index (κ2) is 5.76. The minimum absolute atomic E-state index is 0.00248. The Balaban J connectivity index is 1.98. The van der Waals surface area contributed by atoms with E-state index in [2.05, 4.69) is 0 Å². The zero-order valence-corrected chi connectivity index (χ0v) is 13.2. The normalized spacial score (nSPS) is 27.3. The number of sulfonamides is 1. The predicted octanol–water partition coefficient (Wildman–Crippen LogP) is 2.25. The number of nitrogens with zero attached hydrogens (tertiary/aromatic N) is 1. The number of rotatable bonds is 2. The third kappa shape index (κ3) is 2.77. The largest absolute Gasteiger partial charge is 0.398 e. The van der Waals surface area contributed by atoms with Crippen LogP contribution in [0.2, 0.25) is 5.02 Å². The first-order valence-corrected chi connectivity index (χ1v) is 9.00. The molecule has 0 amide bonds. The van der Waals surface area contributed by atoms with Gasteiger partial charge in [0.1, 0.15) is 4.90 Å². The van der Waals surface area contributed by atoms with Crippen LogP contribution in [0.25, 0.3) is 0 Å². The minimum Gasteiger partial charge on any atom is -0.398 e. The van der Waals surface area contributed by atoms with Crippen LogP contribution in [0.3, 0.4) is 0 Å². The smallest absolute Gasteiger partial charge is 0.245 e. The summed E-state index contributed by atoms with van der Waals surface area (Å²) < 4.78 is 33.2. The highest BCUT2D eigenvalue weighted by Crippen LogP contribution is 2.34. The van der Waals surface area contributed by atoms with Crippen molar-refractivity contribution < 1.29 is 13.2 Å². The van der Waals surface area contributed by atoms with Gasteiger partial charge in [-0.2, -0.15) is 4.31 Å².